The second kappa shape index (κ2) is 6.86. The van der Waals surface area contributed by atoms with Crippen molar-refractivity contribution in [3.8, 4) is 0 Å². The maximum Gasteiger partial charge on any atom is 0.306 e. The Hall–Kier alpha value is -1.14. The summed E-state index contributed by atoms with van der Waals surface area (Å²) in [4.78, 5) is 24.5. The van der Waals surface area contributed by atoms with E-state index in [9.17, 15) is 9.59 Å². The number of hydrogen-bond acceptors (Lipinski definition) is 4. The van der Waals surface area contributed by atoms with Crippen LogP contribution in [0.3, 0.4) is 0 Å². The lowest BCUT2D eigenvalue weighted by Gasteiger charge is -2.30. The van der Waals surface area contributed by atoms with Crippen molar-refractivity contribution in [1.82, 2.24) is 10.2 Å². The van der Waals surface area contributed by atoms with Crippen LogP contribution in [0.2, 0.25) is 0 Å². The summed E-state index contributed by atoms with van der Waals surface area (Å²) < 4.78 is 5.27. The number of carbonyl (C=O) groups is 2. The molecule has 0 aromatic heterocycles. The summed E-state index contributed by atoms with van der Waals surface area (Å²) in [5, 5.41) is 12.1. The molecule has 0 bridgehead atoms. The van der Waals surface area contributed by atoms with Crippen LogP contribution in [0.15, 0.2) is 0 Å². The van der Waals surface area contributed by atoms with Gasteiger partial charge in [0.1, 0.15) is 0 Å². The predicted octanol–water partition coefficient (Wildman–Crippen LogP) is -0.0643. The van der Waals surface area contributed by atoms with E-state index in [4.69, 9.17) is 9.84 Å². The van der Waals surface area contributed by atoms with Crippen LogP contribution >= 0.6 is 0 Å². The van der Waals surface area contributed by atoms with Crippen LogP contribution in [0.1, 0.15) is 19.3 Å². The van der Waals surface area contributed by atoms with Gasteiger partial charge in [-0.15, -0.1) is 0 Å². The molecule has 19 heavy (non-hydrogen) atoms. The largest absolute Gasteiger partial charge is 0.481 e. The quantitative estimate of drug-likeness (QED) is 0.731. The number of rotatable bonds is 5. The van der Waals surface area contributed by atoms with Crippen LogP contribution in [0.4, 0.5) is 0 Å². The smallest absolute Gasteiger partial charge is 0.306 e. The Balaban J connectivity index is 1.62. The Labute approximate surface area is 113 Å². The molecule has 2 N–H and O–H groups in total. The molecule has 0 radical (unpaired) electrons. The number of amides is 1. The minimum atomic E-state index is -0.744. The van der Waals surface area contributed by atoms with E-state index < -0.39 is 5.97 Å². The molecule has 0 aromatic carbocycles. The molecule has 108 valence electrons. The molecule has 0 aromatic rings. The highest BCUT2D eigenvalue weighted by molar-refractivity contribution is 5.78. The summed E-state index contributed by atoms with van der Waals surface area (Å²) >= 11 is 0. The van der Waals surface area contributed by atoms with Gasteiger partial charge in [-0.2, -0.15) is 0 Å². The van der Waals surface area contributed by atoms with Gasteiger partial charge in [0.2, 0.25) is 5.91 Å². The van der Waals surface area contributed by atoms with E-state index in [1.165, 1.54) is 0 Å². The molecular formula is C13H22N2O4. The zero-order valence-electron chi connectivity index (χ0n) is 11.1. The van der Waals surface area contributed by atoms with Crippen LogP contribution in [-0.4, -0.2) is 61.3 Å². The van der Waals surface area contributed by atoms with E-state index in [2.05, 4.69) is 5.32 Å². The van der Waals surface area contributed by atoms with Crippen LogP contribution in [-0.2, 0) is 14.3 Å². The monoisotopic (exact) mass is 270 g/mol. The number of piperidine rings is 1. The van der Waals surface area contributed by atoms with E-state index in [0.29, 0.717) is 38.4 Å². The Bertz CT molecular complexity index is 321. The average Bonchev–Trinajstić information content (AvgIpc) is 2.92. The van der Waals surface area contributed by atoms with Gasteiger partial charge in [-0.1, -0.05) is 0 Å². The van der Waals surface area contributed by atoms with Gasteiger partial charge >= 0.3 is 5.97 Å². The van der Waals surface area contributed by atoms with Gasteiger partial charge in [0.25, 0.3) is 0 Å². The van der Waals surface area contributed by atoms with Crippen molar-refractivity contribution >= 4 is 11.9 Å². The molecule has 2 aliphatic heterocycles. The molecule has 1 unspecified atom stereocenters. The lowest BCUT2D eigenvalue weighted by atomic mass is 9.97. The van der Waals surface area contributed by atoms with Crippen molar-refractivity contribution in [2.24, 2.45) is 11.8 Å². The number of nitrogens with zero attached hydrogens (tertiary/aromatic N) is 1. The fourth-order valence-electron chi connectivity index (χ4n) is 2.62. The van der Waals surface area contributed by atoms with E-state index in [1.54, 1.807) is 4.90 Å². The summed E-state index contributed by atoms with van der Waals surface area (Å²) in [5.41, 5.74) is 0. The SMILES string of the molecule is O=C(O)C1CCN(C(=O)CNCC2CCOC2)CC1. The summed E-state index contributed by atoms with van der Waals surface area (Å²) in [6.07, 6.45) is 2.19. The topological polar surface area (TPSA) is 78.9 Å². The molecule has 6 nitrogen and oxygen atoms in total. The van der Waals surface area contributed by atoms with E-state index in [-0.39, 0.29) is 11.8 Å². The number of aliphatic carboxylic acids is 1. The minimum Gasteiger partial charge on any atom is -0.481 e. The number of likely N-dealkylation sites (tertiary alicyclic amines) is 1. The van der Waals surface area contributed by atoms with Crippen molar-refractivity contribution < 1.29 is 19.4 Å². The standard InChI is InChI=1S/C13H22N2O4/c16-12(8-14-7-10-3-6-19-9-10)15-4-1-11(2-5-15)13(17)18/h10-11,14H,1-9H2,(H,17,18). The summed E-state index contributed by atoms with van der Waals surface area (Å²) in [5.74, 6) is -0.438. The first-order valence-electron chi connectivity index (χ1n) is 6.96. The van der Waals surface area contributed by atoms with Crippen LogP contribution in [0.5, 0.6) is 0 Å². The third kappa shape index (κ3) is 4.18. The normalized spacial score (nSPS) is 24.6. The van der Waals surface area contributed by atoms with Gasteiger partial charge in [0.05, 0.1) is 19.1 Å². The van der Waals surface area contributed by atoms with Gasteiger partial charge in [0.15, 0.2) is 0 Å². The van der Waals surface area contributed by atoms with Crippen LogP contribution < -0.4 is 5.32 Å². The third-order valence-corrected chi connectivity index (χ3v) is 3.93. The second-order valence-electron chi connectivity index (χ2n) is 5.35. The highest BCUT2D eigenvalue weighted by atomic mass is 16.5. The fraction of sp³-hybridized carbons (Fsp3) is 0.846. The number of carboxylic acids is 1. The Morgan fingerprint density at radius 1 is 1.26 bits per heavy atom. The van der Waals surface area contributed by atoms with Gasteiger partial charge in [0, 0.05) is 26.2 Å². The van der Waals surface area contributed by atoms with Crippen molar-refractivity contribution in [1.29, 1.82) is 0 Å². The average molecular weight is 270 g/mol. The minimum absolute atomic E-state index is 0.0720. The molecule has 2 fully saturated rings. The maximum absolute atomic E-state index is 11.9. The van der Waals surface area contributed by atoms with Crippen molar-refractivity contribution in [2.45, 2.75) is 19.3 Å². The molecule has 2 aliphatic rings. The number of carbonyl (C=O) groups excluding carboxylic acids is 1. The Morgan fingerprint density at radius 3 is 2.58 bits per heavy atom. The van der Waals surface area contributed by atoms with Crippen molar-refractivity contribution in [3.63, 3.8) is 0 Å². The Morgan fingerprint density at radius 2 is 2.00 bits per heavy atom. The summed E-state index contributed by atoms with van der Waals surface area (Å²) in [7, 11) is 0. The molecule has 1 atom stereocenters. The number of nitrogens with one attached hydrogen (secondary N) is 1. The Kier molecular flexibility index (Phi) is 5.15. The molecule has 1 amide bonds. The molecule has 0 spiro atoms. The van der Waals surface area contributed by atoms with E-state index in [1.807, 2.05) is 0 Å². The zero-order valence-corrected chi connectivity index (χ0v) is 11.1. The highest BCUT2D eigenvalue weighted by Gasteiger charge is 2.26. The summed E-state index contributed by atoms with van der Waals surface area (Å²) in [6, 6.07) is 0. The van der Waals surface area contributed by atoms with E-state index >= 15 is 0 Å². The molecule has 0 aliphatic carbocycles. The molecular weight excluding hydrogens is 248 g/mol. The molecule has 2 saturated heterocycles. The third-order valence-electron chi connectivity index (χ3n) is 3.93. The van der Waals surface area contributed by atoms with E-state index in [0.717, 1.165) is 26.2 Å². The second-order valence-corrected chi connectivity index (χ2v) is 5.35. The molecule has 2 rings (SSSR count). The first kappa shape index (κ1) is 14.3. The molecule has 6 heteroatoms. The predicted molar refractivity (Wildman–Crippen MR) is 68.7 cm³/mol. The van der Waals surface area contributed by atoms with Crippen molar-refractivity contribution in [2.75, 3.05) is 39.4 Å². The van der Waals surface area contributed by atoms with Crippen molar-refractivity contribution in [3.05, 3.63) is 0 Å². The first-order chi connectivity index (χ1) is 9.16. The number of carboxylic acid groups (broad SMARTS) is 1. The number of ether oxygens (including phenoxy) is 1. The van der Waals surface area contributed by atoms with Gasteiger partial charge < -0.3 is 20.1 Å². The maximum atomic E-state index is 11.9. The molecule has 0 saturated carbocycles. The van der Waals surface area contributed by atoms with Gasteiger partial charge in [-0.05, 0) is 25.2 Å². The fourth-order valence-corrected chi connectivity index (χ4v) is 2.62. The zero-order chi connectivity index (χ0) is 13.7. The lowest BCUT2D eigenvalue weighted by Crippen LogP contribution is -2.44. The van der Waals surface area contributed by atoms with Crippen LogP contribution in [0.25, 0.3) is 0 Å². The van der Waals surface area contributed by atoms with Crippen LogP contribution in [0, 0.1) is 11.8 Å². The van der Waals surface area contributed by atoms with Gasteiger partial charge in [-0.3, -0.25) is 9.59 Å². The summed E-state index contributed by atoms with van der Waals surface area (Å²) in [6.45, 7) is 3.88. The highest BCUT2D eigenvalue weighted by Crippen LogP contribution is 2.17. The first-order valence-corrected chi connectivity index (χ1v) is 6.96. The van der Waals surface area contributed by atoms with Gasteiger partial charge in [-0.25, -0.2) is 0 Å². The molecule has 2 heterocycles. The lowest BCUT2D eigenvalue weighted by molar-refractivity contribution is -0.145. The number of hydrogen-bond donors (Lipinski definition) is 2.